The van der Waals surface area contributed by atoms with Crippen LogP contribution in [0.5, 0.6) is 0 Å². The Morgan fingerprint density at radius 3 is 2.29 bits per heavy atom. The van der Waals surface area contributed by atoms with Crippen molar-refractivity contribution in [1.82, 2.24) is 0 Å². The highest BCUT2D eigenvalue weighted by Crippen LogP contribution is 2.42. The third-order valence-corrected chi connectivity index (χ3v) is 5.27. The van der Waals surface area contributed by atoms with Gasteiger partial charge in [0.05, 0.1) is 26.5 Å². The van der Waals surface area contributed by atoms with E-state index in [0.717, 1.165) is 5.56 Å². The minimum atomic E-state index is -0.943. The fraction of sp³-hybridized carbons (Fsp3) is 0.222. The van der Waals surface area contributed by atoms with E-state index < -0.39 is 5.54 Å². The van der Waals surface area contributed by atoms with E-state index in [1.165, 1.54) is 4.90 Å². The van der Waals surface area contributed by atoms with E-state index in [0.29, 0.717) is 27.0 Å². The number of fused-ring (bicyclic) bond motifs is 1. The Bertz CT molecular complexity index is 860. The number of rotatable bonds is 1. The number of likely N-dealkylation sites (N-methyl/N-ethyl adjacent to an activating group) is 1. The Kier molecular flexibility index (Phi) is 4.37. The van der Waals surface area contributed by atoms with Gasteiger partial charge in [0.25, 0.3) is 5.91 Å². The van der Waals surface area contributed by atoms with E-state index in [9.17, 15) is 4.79 Å². The maximum atomic E-state index is 12.8. The van der Waals surface area contributed by atoms with Crippen LogP contribution < -0.4 is 4.90 Å². The topological polar surface area (TPSA) is 32.7 Å². The Balaban J connectivity index is 2.42. The molecule has 0 saturated heterocycles. The number of carbonyl (C=O) groups is 1. The molecule has 0 spiro atoms. The van der Waals surface area contributed by atoms with Crippen molar-refractivity contribution in [1.29, 1.82) is 0 Å². The molecule has 124 valence electrons. The highest BCUT2D eigenvalue weighted by Gasteiger charge is 2.37. The normalized spacial score (nSPS) is 16.5. The van der Waals surface area contributed by atoms with Gasteiger partial charge in [0.1, 0.15) is 5.54 Å². The number of anilines is 1. The van der Waals surface area contributed by atoms with Gasteiger partial charge in [-0.05, 0) is 19.9 Å². The molecule has 2 aromatic rings. The number of halogens is 3. The molecule has 0 aliphatic carbocycles. The predicted molar refractivity (Wildman–Crippen MR) is 101 cm³/mol. The van der Waals surface area contributed by atoms with Gasteiger partial charge in [0.2, 0.25) is 0 Å². The summed E-state index contributed by atoms with van der Waals surface area (Å²) < 4.78 is 0. The largest absolute Gasteiger partial charge is 0.313 e. The van der Waals surface area contributed by atoms with Crippen LogP contribution in [0.1, 0.15) is 25.0 Å². The number of aliphatic imine (C=N–C) groups is 1. The van der Waals surface area contributed by atoms with Gasteiger partial charge in [-0.25, -0.2) is 0 Å². The second-order valence-corrected chi connectivity index (χ2v) is 7.29. The van der Waals surface area contributed by atoms with Crippen molar-refractivity contribution in [2.45, 2.75) is 19.4 Å². The van der Waals surface area contributed by atoms with Crippen molar-refractivity contribution in [2.75, 3.05) is 11.9 Å². The monoisotopic (exact) mass is 380 g/mol. The summed E-state index contributed by atoms with van der Waals surface area (Å²) in [6.45, 7) is 3.55. The van der Waals surface area contributed by atoms with Crippen LogP contribution in [0, 0.1) is 0 Å². The van der Waals surface area contributed by atoms with Crippen molar-refractivity contribution < 1.29 is 4.79 Å². The lowest BCUT2D eigenvalue weighted by Gasteiger charge is -2.24. The van der Waals surface area contributed by atoms with Gasteiger partial charge in [0, 0.05) is 18.2 Å². The number of nitrogens with zero attached hydrogens (tertiary/aromatic N) is 2. The van der Waals surface area contributed by atoms with E-state index in [4.69, 9.17) is 39.8 Å². The van der Waals surface area contributed by atoms with Gasteiger partial charge in [-0.2, -0.15) is 0 Å². The van der Waals surface area contributed by atoms with E-state index in [1.807, 2.05) is 30.3 Å². The Morgan fingerprint density at radius 1 is 1.04 bits per heavy atom. The smallest absolute Gasteiger partial charge is 0.254 e. The van der Waals surface area contributed by atoms with Gasteiger partial charge < -0.3 is 4.90 Å². The molecule has 0 fully saturated rings. The number of benzodiazepines with no additional fused rings is 1. The molecule has 0 unspecified atom stereocenters. The summed E-state index contributed by atoms with van der Waals surface area (Å²) in [4.78, 5) is 19.1. The van der Waals surface area contributed by atoms with Crippen LogP contribution in [0.3, 0.4) is 0 Å². The fourth-order valence-electron chi connectivity index (χ4n) is 2.78. The van der Waals surface area contributed by atoms with Crippen LogP contribution in [0.4, 0.5) is 5.69 Å². The second-order valence-electron chi connectivity index (χ2n) is 6.13. The summed E-state index contributed by atoms with van der Waals surface area (Å²) in [5.41, 5.74) is 1.74. The van der Waals surface area contributed by atoms with Crippen LogP contribution in [0.25, 0.3) is 0 Å². The van der Waals surface area contributed by atoms with Crippen LogP contribution in [-0.2, 0) is 4.79 Å². The third kappa shape index (κ3) is 2.71. The molecule has 0 N–H and O–H groups in total. The number of amides is 1. The lowest BCUT2D eigenvalue weighted by molar-refractivity contribution is -0.122. The molecule has 3 nitrogen and oxygen atoms in total. The quantitative estimate of drug-likeness (QED) is 0.622. The summed E-state index contributed by atoms with van der Waals surface area (Å²) in [6.07, 6.45) is 0. The van der Waals surface area contributed by atoms with Crippen molar-refractivity contribution in [2.24, 2.45) is 4.99 Å². The number of hydrogen-bond acceptors (Lipinski definition) is 2. The van der Waals surface area contributed by atoms with Crippen LogP contribution in [0.2, 0.25) is 15.1 Å². The SMILES string of the molecule is CN1C(=O)C(C)(C)N=C(c2ccccc2)c2c1cc(Cl)c(Cl)c2Cl. The summed E-state index contributed by atoms with van der Waals surface area (Å²) in [5.74, 6) is -0.149. The molecule has 24 heavy (non-hydrogen) atoms. The maximum Gasteiger partial charge on any atom is 0.254 e. The van der Waals surface area contributed by atoms with Crippen molar-refractivity contribution >= 4 is 52.1 Å². The Labute approximate surface area is 155 Å². The zero-order valence-corrected chi connectivity index (χ0v) is 15.7. The minimum Gasteiger partial charge on any atom is -0.313 e. The van der Waals surface area contributed by atoms with Crippen LogP contribution in [0.15, 0.2) is 41.4 Å². The van der Waals surface area contributed by atoms with Gasteiger partial charge >= 0.3 is 0 Å². The number of carbonyl (C=O) groups excluding carboxylic acids is 1. The van der Waals surface area contributed by atoms with E-state index in [2.05, 4.69) is 0 Å². The lowest BCUT2D eigenvalue weighted by Crippen LogP contribution is -2.41. The summed E-state index contributed by atoms with van der Waals surface area (Å²) >= 11 is 18.9. The Hall–Kier alpha value is -1.55. The zero-order valence-electron chi connectivity index (χ0n) is 13.4. The second kappa shape index (κ2) is 6.07. The van der Waals surface area contributed by atoms with Crippen molar-refractivity contribution in [3.8, 4) is 0 Å². The summed E-state index contributed by atoms with van der Waals surface area (Å²) in [6, 6.07) is 11.2. The molecule has 2 aromatic carbocycles. The molecule has 0 saturated carbocycles. The molecule has 0 atom stereocenters. The molecule has 1 aliphatic rings. The number of benzene rings is 2. The van der Waals surface area contributed by atoms with Crippen LogP contribution >= 0.6 is 34.8 Å². The van der Waals surface area contributed by atoms with Gasteiger partial charge in [-0.3, -0.25) is 9.79 Å². The first kappa shape index (κ1) is 17.3. The first-order valence-electron chi connectivity index (χ1n) is 7.35. The van der Waals surface area contributed by atoms with Gasteiger partial charge in [-0.15, -0.1) is 0 Å². The zero-order chi connectivity index (χ0) is 17.6. The van der Waals surface area contributed by atoms with Crippen molar-refractivity contribution in [3.63, 3.8) is 0 Å². The first-order chi connectivity index (χ1) is 11.2. The third-order valence-electron chi connectivity index (χ3n) is 4.01. The lowest BCUT2D eigenvalue weighted by atomic mass is 9.99. The van der Waals surface area contributed by atoms with Gasteiger partial charge in [0.15, 0.2) is 0 Å². The summed E-state index contributed by atoms with van der Waals surface area (Å²) in [7, 11) is 1.69. The molecule has 0 aromatic heterocycles. The molecule has 6 heteroatoms. The van der Waals surface area contributed by atoms with E-state index in [-0.39, 0.29) is 10.9 Å². The molecule has 1 amide bonds. The first-order valence-corrected chi connectivity index (χ1v) is 8.48. The molecular formula is C18H15Cl3N2O. The maximum absolute atomic E-state index is 12.8. The van der Waals surface area contributed by atoms with Crippen LogP contribution in [-0.4, -0.2) is 24.2 Å². The average Bonchev–Trinajstić information content (AvgIpc) is 2.63. The molecule has 1 heterocycles. The minimum absolute atomic E-state index is 0.149. The van der Waals surface area contributed by atoms with E-state index in [1.54, 1.807) is 27.0 Å². The molecular weight excluding hydrogens is 367 g/mol. The van der Waals surface area contributed by atoms with Crippen molar-refractivity contribution in [3.05, 3.63) is 62.6 Å². The highest BCUT2D eigenvalue weighted by molar-refractivity contribution is 6.50. The molecule has 0 bridgehead atoms. The molecule has 1 aliphatic heterocycles. The fourth-order valence-corrected chi connectivity index (χ4v) is 3.46. The predicted octanol–water partition coefficient (Wildman–Crippen LogP) is 5.24. The standard InChI is InChI=1S/C18H15Cl3N2O/c1-18(2)17(24)23(3)12-9-11(19)14(20)15(21)13(12)16(22-18)10-7-5-4-6-8-10/h4-9H,1-3H3. The highest BCUT2D eigenvalue weighted by atomic mass is 35.5. The molecule has 3 rings (SSSR count). The number of hydrogen-bond donors (Lipinski definition) is 0. The molecule has 0 radical (unpaired) electrons. The van der Waals surface area contributed by atoms with Gasteiger partial charge in [-0.1, -0.05) is 65.1 Å². The summed E-state index contributed by atoms with van der Waals surface area (Å²) in [5, 5.41) is 0.840. The average molecular weight is 382 g/mol. The van der Waals surface area contributed by atoms with E-state index >= 15 is 0 Å². The Morgan fingerprint density at radius 2 is 1.67 bits per heavy atom.